The Labute approximate surface area is 108 Å². The molecule has 0 aliphatic carbocycles. The summed E-state index contributed by atoms with van der Waals surface area (Å²) >= 11 is 5.20. The molecule has 1 N–H and O–H groups in total. The minimum Gasteiger partial charge on any atom is -0.313 e. The van der Waals surface area contributed by atoms with Crippen molar-refractivity contribution in [2.45, 2.75) is 12.5 Å². The van der Waals surface area contributed by atoms with E-state index in [9.17, 15) is 0 Å². The molecule has 0 bridgehead atoms. The lowest BCUT2D eigenvalue weighted by molar-refractivity contribution is 0.596. The summed E-state index contributed by atoms with van der Waals surface area (Å²) in [7, 11) is 1.99. The number of aromatic nitrogens is 1. The van der Waals surface area contributed by atoms with Crippen LogP contribution in [0, 0.1) is 0 Å². The number of hydrogen-bond donors (Lipinski definition) is 1. The highest BCUT2D eigenvalue weighted by Crippen LogP contribution is 2.22. The molecule has 0 saturated carbocycles. The number of benzene rings is 1. The first kappa shape index (κ1) is 11.8. The third-order valence-corrected chi connectivity index (χ3v) is 3.78. The number of thiazole rings is 1. The van der Waals surface area contributed by atoms with Gasteiger partial charge in [0.2, 0.25) is 0 Å². The monoisotopic (exact) mass is 296 g/mol. The number of hydrogen-bond acceptors (Lipinski definition) is 3. The van der Waals surface area contributed by atoms with Crippen molar-refractivity contribution in [1.82, 2.24) is 10.3 Å². The highest BCUT2D eigenvalue weighted by atomic mass is 79.9. The second-order valence-electron chi connectivity index (χ2n) is 3.57. The van der Waals surface area contributed by atoms with E-state index in [-0.39, 0.29) is 0 Å². The second kappa shape index (κ2) is 5.57. The molecule has 2 nitrogen and oxygen atoms in total. The summed E-state index contributed by atoms with van der Waals surface area (Å²) in [6.07, 6.45) is 2.92. The van der Waals surface area contributed by atoms with Crippen LogP contribution in [-0.2, 0) is 6.42 Å². The summed E-state index contributed by atoms with van der Waals surface area (Å²) in [4.78, 5) is 5.41. The van der Waals surface area contributed by atoms with Crippen LogP contribution in [0.5, 0.6) is 0 Å². The van der Waals surface area contributed by atoms with E-state index >= 15 is 0 Å². The average molecular weight is 297 g/mol. The summed E-state index contributed by atoms with van der Waals surface area (Å²) in [5.74, 6) is 0. The van der Waals surface area contributed by atoms with Crippen molar-refractivity contribution in [3.63, 3.8) is 0 Å². The van der Waals surface area contributed by atoms with Gasteiger partial charge in [-0.05, 0) is 24.7 Å². The second-order valence-corrected chi connectivity index (χ2v) is 5.45. The number of nitrogens with zero attached hydrogens (tertiary/aromatic N) is 1. The van der Waals surface area contributed by atoms with Crippen molar-refractivity contribution in [3.8, 4) is 0 Å². The molecular formula is C12H13BrN2S. The van der Waals surface area contributed by atoms with Gasteiger partial charge in [-0.3, -0.25) is 4.98 Å². The fourth-order valence-corrected chi connectivity index (χ4v) is 2.71. The maximum atomic E-state index is 4.10. The van der Waals surface area contributed by atoms with Crippen molar-refractivity contribution in [2.75, 3.05) is 7.05 Å². The zero-order chi connectivity index (χ0) is 11.4. The Morgan fingerprint density at radius 2 is 2.38 bits per heavy atom. The molecule has 0 fully saturated rings. The molecule has 1 aromatic carbocycles. The smallest absolute Gasteiger partial charge is 0.0794 e. The maximum Gasteiger partial charge on any atom is 0.0794 e. The Bertz CT molecular complexity index is 442. The number of rotatable bonds is 4. The van der Waals surface area contributed by atoms with Crippen molar-refractivity contribution in [3.05, 3.63) is 50.9 Å². The van der Waals surface area contributed by atoms with Gasteiger partial charge in [0.05, 0.1) is 5.51 Å². The van der Waals surface area contributed by atoms with Crippen LogP contribution in [0.2, 0.25) is 0 Å². The van der Waals surface area contributed by atoms with Gasteiger partial charge in [-0.2, -0.15) is 0 Å². The first-order chi connectivity index (χ1) is 7.79. The number of halogens is 1. The van der Waals surface area contributed by atoms with Crippen molar-refractivity contribution in [1.29, 1.82) is 0 Å². The van der Waals surface area contributed by atoms with Crippen LogP contribution >= 0.6 is 27.3 Å². The number of likely N-dealkylation sites (N-methyl/N-ethyl adjacent to an activating group) is 1. The van der Waals surface area contributed by atoms with Gasteiger partial charge in [-0.15, -0.1) is 11.3 Å². The minimum absolute atomic E-state index is 0.345. The van der Waals surface area contributed by atoms with Gasteiger partial charge in [0.15, 0.2) is 0 Å². The van der Waals surface area contributed by atoms with Crippen LogP contribution in [-0.4, -0.2) is 12.0 Å². The third-order valence-electron chi connectivity index (χ3n) is 2.49. The van der Waals surface area contributed by atoms with Crippen LogP contribution in [0.3, 0.4) is 0 Å². The first-order valence-electron chi connectivity index (χ1n) is 5.09. The Balaban J connectivity index is 2.16. The Morgan fingerprint density at radius 3 is 3.00 bits per heavy atom. The first-order valence-corrected chi connectivity index (χ1v) is 6.77. The Kier molecular flexibility index (Phi) is 4.09. The van der Waals surface area contributed by atoms with E-state index in [0.29, 0.717) is 6.04 Å². The summed E-state index contributed by atoms with van der Waals surface area (Å²) < 4.78 is 1.12. The Morgan fingerprint density at radius 1 is 1.50 bits per heavy atom. The Hall–Kier alpha value is -0.710. The van der Waals surface area contributed by atoms with Gasteiger partial charge in [0.25, 0.3) is 0 Å². The van der Waals surface area contributed by atoms with E-state index in [1.54, 1.807) is 11.3 Å². The lowest BCUT2D eigenvalue weighted by atomic mass is 10.0. The molecule has 2 rings (SSSR count). The molecule has 1 heterocycles. The minimum atomic E-state index is 0.345. The zero-order valence-corrected chi connectivity index (χ0v) is 11.4. The van der Waals surface area contributed by atoms with E-state index < -0.39 is 0 Å². The summed E-state index contributed by atoms with van der Waals surface area (Å²) in [6.45, 7) is 0. The van der Waals surface area contributed by atoms with Gasteiger partial charge in [0.1, 0.15) is 0 Å². The van der Waals surface area contributed by atoms with E-state index in [2.05, 4.69) is 44.4 Å². The van der Waals surface area contributed by atoms with Gasteiger partial charge in [0, 0.05) is 28.0 Å². The molecule has 84 valence electrons. The summed E-state index contributed by atoms with van der Waals surface area (Å²) in [5, 5.41) is 3.34. The lowest BCUT2D eigenvalue weighted by Gasteiger charge is -2.15. The van der Waals surface area contributed by atoms with E-state index in [0.717, 1.165) is 10.9 Å². The van der Waals surface area contributed by atoms with Crippen LogP contribution < -0.4 is 5.32 Å². The summed E-state index contributed by atoms with van der Waals surface area (Å²) in [5.41, 5.74) is 3.17. The zero-order valence-electron chi connectivity index (χ0n) is 8.98. The van der Waals surface area contributed by atoms with E-state index in [1.165, 1.54) is 10.4 Å². The molecule has 4 heteroatoms. The quantitative estimate of drug-likeness (QED) is 0.935. The molecule has 1 unspecified atom stereocenters. The van der Waals surface area contributed by atoms with Crippen molar-refractivity contribution in [2.24, 2.45) is 0 Å². The van der Waals surface area contributed by atoms with Gasteiger partial charge < -0.3 is 5.32 Å². The van der Waals surface area contributed by atoms with Gasteiger partial charge in [-0.1, -0.05) is 28.1 Å². The van der Waals surface area contributed by atoms with E-state index in [1.807, 2.05) is 24.8 Å². The highest BCUT2D eigenvalue weighted by Gasteiger charge is 2.11. The predicted octanol–water partition coefficient (Wildman–Crippen LogP) is 3.41. The topological polar surface area (TPSA) is 24.9 Å². The van der Waals surface area contributed by atoms with Crippen LogP contribution in [0.25, 0.3) is 0 Å². The fraction of sp³-hybridized carbons (Fsp3) is 0.250. The lowest BCUT2D eigenvalue weighted by Crippen LogP contribution is -2.18. The van der Waals surface area contributed by atoms with Gasteiger partial charge >= 0.3 is 0 Å². The van der Waals surface area contributed by atoms with Crippen LogP contribution in [0.15, 0.2) is 40.4 Å². The van der Waals surface area contributed by atoms with Crippen LogP contribution in [0.1, 0.15) is 16.5 Å². The third kappa shape index (κ3) is 2.90. The van der Waals surface area contributed by atoms with Crippen LogP contribution in [0.4, 0.5) is 0 Å². The molecule has 0 radical (unpaired) electrons. The fourth-order valence-electron chi connectivity index (χ4n) is 1.65. The van der Waals surface area contributed by atoms with Crippen molar-refractivity contribution >= 4 is 27.3 Å². The molecule has 0 spiro atoms. The maximum absolute atomic E-state index is 4.10. The normalized spacial score (nSPS) is 12.6. The molecule has 0 amide bonds. The predicted molar refractivity (Wildman–Crippen MR) is 71.8 cm³/mol. The largest absolute Gasteiger partial charge is 0.313 e. The SMILES string of the molecule is CNC(Cc1cncs1)c1cccc(Br)c1. The molecule has 1 atom stereocenters. The van der Waals surface area contributed by atoms with Gasteiger partial charge in [-0.25, -0.2) is 0 Å². The average Bonchev–Trinajstić information content (AvgIpc) is 2.78. The number of nitrogens with one attached hydrogen (secondary N) is 1. The molecule has 1 aromatic heterocycles. The molecule has 0 aliphatic rings. The van der Waals surface area contributed by atoms with E-state index in [4.69, 9.17) is 0 Å². The molecule has 2 aromatic rings. The standard InChI is InChI=1S/C12H13BrN2S/c1-14-12(6-11-7-15-8-16-11)9-3-2-4-10(13)5-9/h2-5,7-8,12,14H,6H2,1H3. The molecule has 0 aliphatic heterocycles. The molecular weight excluding hydrogens is 284 g/mol. The molecule has 0 saturated heterocycles. The summed E-state index contributed by atoms with van der Waals surface area (Å²) in [6, 6.07) is 8.76. The molecule has 16 heavy (non-hydrogen) atoms. The highest BCUT2D eigenvalue weighted by molar-refractivity contribution is 9.10. The van der Waals surface area contributed by atoms with Crippen molar-refractivity contribution < 1.29 is 0 Å².